The molecule has 0 radical (unpaired) electrons. The van der Waals surface area contributed by atoms with Crippen molar-refractivity contribution in [3.8, 4) is 11.5 Å². The SMILES string of the molecule is NCCOc1cccc(OCCN)c1. The number of hydrogen-bond acceptors (Lipinski definition) is 4. The minimum Gasteiger partial charge on any atom is -0.492 e. The van der Waals surface area contributed by atoms with E-state index in [2.05, 4.69) is 0 Å². The van der Waals surface area contributed by atoms with Crippen molar-refractivity contribution in [2.24, 2.45) is 11.5 Å². The van der Waals surface area contributed by atoms with E-state index in [1.165, 1.54) is 0 Å². The van der Waals surface area contributed by atoms with Gasteiger partial charge >= 0.3 is 0 Å². The van der Waals surface area contributed by atoms with Crippen LogP contribution in [0.15, 0.2) is 24.3 Å². The summed E-state index contributed by atoms with van der Waals surface area (Å²) in [6.45, 7) is 2.04. The quantitative estimate of drug-likeness (QED) is 0.689. The third kappa shape index (κ3) is 3.64. The monoisotopic (exact) mass is 196 g/mol. The Hall–Kier alpha value is -1.26. The molecule has 0 bridgehead atoms. The van der Waals surface area contributed by atoms with Crippen molar-refractivity contribution < 1.29 is 9.47 Å². The van der Waals surface area contributed by atoms with E-state index in [4.69, 9.17) is 20.9 Å². The Morgan fingerprint density at radius 1 is 0.929 bits per heavy atom. The van der Waals surface area contributed by atoms with Crippen LogP contribution < -0.4 is 20.9 Å². The van der Waals surface area contributed by atoms with E-state index in [0.717, 1.165) is 11.5 Å². The van der Waals surface area contributed by atoms with Gasteiger partial charge in [-0.15, -0.1) is 0 Å². The number of nitrogens with two attached hydrogens (primary N) is 2. The van der Waals surface area contributed by atoms with E-state index in [9.17, 15) is 0 Å². The van der Waals surface area contributed by atoms with Crippen LogP contribution in [-0.4, -0.2) is 26.3 Å². The van der Waals surface area contributed by atoms with Crippen LogP contribution in [0, 0.1) is 0 Å². The normalized spacial score (nSPS) is 9.86. The highest BCUT2D eigenvalue weighted by Crippen LogP contribution is 2.18. The lowest BCUT2D eigenvalue weighted by Gasteiger charge is -2.07. The molecule has 0 aliphatic heterocycles. The zero-order valence-electron chi connectivity index (χ0n) is 8.11. The highest BCUT2D eigenvalue weighted by Gasteiger charge is 1.96. The van der Waals surface area contributed by atoms with Crippen molar-refractivity contribution in [2.45, 2.75) is 0 Å². The number of benzene rings is 1. The molecule has 1 aromatic rings. The lowest BCUT2D eigenvalue weighted by atomic mass is 10.3. The average molecular weight is 196 g/mol. The molecule has 1 aromatic carbocycles. The average Bonchev–Trinajstić information content (AvgIpc) is 2.24. The van der Waals surface area contributed by atoms with Crippen molar-refractivity contribution in [3.05, 3.63) is 24.3 Å². The molecular weight excluding hydrogens is 180 g/mol. The number of hydrogen-bond donors (Lipinski definition) is 2. The van der Waals surface area contributed by atoms with Gasteiger partial charge in [0.1, 0.15) is 24.7 Å². The fourth-order valence-electron chi connectivity index (χ4n) is 1.01. The van der Waals surface area contributed by atoms with Crippen LogP contribution in [-0.2, 0) is 0 Å². The summed E-state index contributed by atoms with van der Waals surface area (Å²) in [4.78, 5) is 0. The summed E-state index contributed by atoms with van der Waals surface area (Å²) in [7, 11) is 0. The van der Waals surface area contributed by atoms with Crippen LogP contribution in [0.4, 0.5) is 0 Å². The first-order valence-electron chi connectivity index (χ1n) is 4.62. The number of rotatable bonds is 6. The molecule has 4 heteroatoms. The first kappa shape index (κ1) is 10.8. The molecule has 1 rings (SSSR count). The van der Waals surface area contributed by atoms with Crippen molar-refractivity contribution in [1.82, 2.24) is 0 Å². The Balaban J connectivity index is 2.50. The maximum Gasteiger partial charge on any atom is 0.123 e. The van der Waals surface area contributed by atoms with Gasteiger partial charge in [-0.05, 0) is 12.1 Å². The molecule has 0 heterocycles. The largest absolute Gasteiger partial charge is 0.492 e. The van der Waals surface area contributed by atoms with Crippen LogP contribution in [0.5, 0.6) is 11.5 Å². The van der Waals surface area contributed by atoms with Crippen molar-refractivity contribution in [1.29, 1.82) is 0 Å². The van der Waals surface area contributed by atoms with Crippen molar-refractivity contribution in [3.63, 3.8) is 0 Å². The molecular formula is C10H16N2O2. The van der Waals surface area contributed by atoms with Gasteiger partial charge in [0.15, 0.2) is 0 Å². The second-order valence-electron chi connectivity index (χ2n) is 2.75. The van der Waals surface area contributed by atoms with E-state index >= 15 is 0 Å². The lowest BCUT2D eigenvalue weighted by molar-refractivity contribution is 0.312. The Kier molecular flexibility index (Phi) is 4.82. The van der Waals surface area contributed by atoms with E-state index < -0.39 is 0 Å². The first-order valence-corrected chi connectivity index (χ1v) is 4.62. The van der Waals surface area contributed by atoms with Crippen molar-refractivity contribution >= 4 is 0 Å². The van der Waals surface area contributed by atoms with Crippen LogP contribution in [0.25, 0.3) is 0 Å². The van der Waals surface area contributed by atoms with Gasteiger partial charge in [0.2, 0.25) is 0 Å². The summed E-state index contributed by atoms with van der Waals surface area (Å²) in [6.07, 6.45) is 0. The highest BCUT2D eigenvalue weighted by molar-refractivity contribution is 5.32. The molecule has 0 aliphatic carbocycles. The van der Waals surface area contributed by atoms with Crippen LogP contribution in [0.2, 0.25) is 0 Å². The Morgan fingerprint density at radius 2 is 1.43 bits per heavy atom. The Morgan fingerprint density at radius 3 is 1.86 bits per heavy atom. The zero-order chi connectivity index (χ0) is 10.2. The van der Waals surface area contributed by atoms with E-state index in [1.807, 2.05) is 24.3 Å². The van der Waals surface area contributed by atoms with Crippen LogP contribution in [0.3, 0.4) is 0 Å². The lowest BCUT2D eigenvalue weighted by Crippen LogP contribution is -2.11. The third-order valence-electron chi connectivity index (χ3n) is 1.58. The standard InChI is InChI=1S/C10H16N2O2/c11-4-6-13-9-2-1-3-10(8-9)14-7-5-12/h1-3,8H,4-7,11-12H2. The molecule has 0 atom stereocenters. The maximum absolute atomic E-state index is 5.34. The summed E-state index contributed by atoms with van der Waals surface area (Å²) >= 11 is 0. The minimum absolute atomic E-state index is 0.508. The molecule has 0 saturated heterocycles. The van der Waals surface area contributed by atoms with Gasteiger partial charge in [0, 0.05) is 19.2 Å². The first-order chi connectivity index (χ1) is 6.86. The van der Waals surface area contributed by atoms with Gasteiger partial charge in [-0.2, -0.15) is 0 Å². The molecule has 0 spiro atoms. The van der Waals surface area contributed by atoms with Gasteiger partial charge in [-0.3, -0.25) is 0 Å². The van der Waals surface area contributed by atoms with E-state index in [-0.39, 0.29) is 0 Å². The highest BCUT2D eigenvalue weighted by atomic mass is 16.5. The van der Waals surface area contributed by atoms with Gasteiger partial charge in [0.05, 0.1) is 0 Å². The molecule has 0 unspecified atom stereocenters. The van der Waals surface area contributed by atoms with E-state index in [0.29, 0.717) is 26.3 Å². The predicted octanol–water partition coefficient (Wildman–Crippen LogP) is 0.362. The van der Waals surface area contributed by atoms with Gasteiger partial charge in [-0.25, -0.2) is 0 Å². The topological polar surface area (TPSA) is 70.5 Å². The van der Waals surface area contributed by atoms with Crippen LogP contribution in [0.1, 0.15) is 0 Å². The Labute approximate surface area is 83.8 Å². The Bertz CT molecular complexity index is 243. The fourth-order valence-corrected chi connectivity index (χ4v) is 1.01. The molecule has 0 amide bonds. The second-order valence-corrected chi connectivity index (χ2v) is 2.75. The van der Waals surface area contributed by atoms with Crippen LogP contribution >= 0.6 is 0 Å². The molecule has 0 aliphatic rings. The molecule has 78 valence electrons. The summed E-state index contributed by atoms with van der Waals surface area (Å²) in [5.74, 6) is 1.54. The van der Waals surface area contributed by atoms with Crippen molar-refractivity contribution in [2.75, 3.05) is 26.3 Å². The molecule has 4 N–H and O–H groups in total. The summed E-state index contributed by atoms with van der Waals surface area (Å²) in [5, 5.41) is 0. The summed E-state index contributed by atoms with van der Waals surface area (Å²) in [5.41, 5.74) is 10.6. The predicted molar refractivity (Wildman–Crippen MR) is 55.5 cm³/mol. The summed E-state index contributed by atoms with van der Waals surface area (Å²) < 4.78 is 10.7. The molecule has 0 fully saturated rings. The second kappa shape index (κ2) is 6.23. The molecule has 14 heavy (non-hydrogen) atoms. The fraction of sp³-hybridized carbons (Fsp3) is 0.400. The molecule has 0 saturated carbocycles. The van der Waals surface area contributed by atoms with E-state index in [1.54, 1.807) is 0 Å². The maximum atomic E-state index is 5.34. The van der Waals surface area contributed by atoms with Gasteiger partial charge in [-0.1, -0.05) is 6.07 Å². The van der Waals surface area contributed by atoms with Gasteiger partial charge in [0.25, 0.3) is 0 Å². The smallest absolute Gasteiger partial charge is 0.123 e. The molecule has 4 nitrogen and oxygen atoms in total. The number of ether oxygens (including phenoxy) is 2. The zero-order valence-corrected chi connectivity index (χ0v) is 8.11. The minimum atomic E-state index is 0.508. The summed E-state index contributed by atoms with van der Waals surface area (Å²) in [6, 6.07) is 7.43. The third-order valence-corrected chi connectivity index (χ3v) is 1.58. The molecule has 0 aromatic heterocycles. The van der Waals surface area contributed by atoms with Gasteiger partial charge < -0.3 is 20.9 Å².